The van der Waals surface area contributed by atoms with Crippen molar-refractivity contribution in [1.29, 1.82) is 0 Å². The van der Waals surface area contributed by atoms with E-state index in [2.05, 4.69) is 30.2 Å². The lowest BCUT2D eigenvalue weighted by atomic mass is 10.5. The van der Waals surface area contributed by atoms with Gasteiger partial charge in [-0.25, -0.2) is 9.97 Å². The molecule has 0 radical (unpaired) electrons. The van der Waals surface area contributed by atoms with Gasteiger partial charge in [-0.3, -0.25) is 4.57 Å². The molecular weight excluding hydrogens is 218 g/mol. The lowest BCUT2D eigenvalue weighted by Crippen LogP contribution is -2.06. The number of hydrogen-bond acceptors (Lipinski definition) is 5. The molecule has 3 heterocycles. The van der Waals surface area contributed by atoms with Crippen molar-refractivity contribution in [3.8, 4) is 5.82 Å². The number of nitrogens with one attached hydrogen (secondary N) is 2. The molecule has 0 spiro atoms. The third kappa shape index (κ3) is 1.61. The van der Waals surface area contributed by atoms with Gasteiger partial charge in [-0.2, -0.15) is 9.97 Å². The maximum atomic E-state index is 4.43. The second kappa shape index (κ2) is 3.85. The maximum Gasteiger partial charge on any atom is 0.226 e. The largest absolute Gasteiger partial charge is 0.354 e. The molecule has 3 aromatic rings. The van der Waals surface area contributed by atoms with Gasteiger partial charge in [0.25, 0.3) is 0 Å². The third-order valence-corrected chi connectivity index (χ3v) is 2.35. The molecule has 0 fully saturated rings. The Kier molecular flexibility index (Phi) is 2.21. The predicted molar refractivity (Wildman–Crippen MR) is 63.0 cm³/mol. The van der Waals surface area contributed by atoms with Gasteiger partial charge in [0, 0.05) is 18.9 Å². The van der Waals surface area contributed by atoms with Crippen molar-refractivity contribution < 1.29 is 0 Å². The number of H-pyrrole nitrogens is 1. The summed E-state index contributed by atoms with van der Waals surface area (Å²) >= 11 is 0. The summed E-state index contributed by atoms with van der Waals surface area (Å²) in [5, 5.41) is 3.08. The Labute approximate surface area is 97.0 Å². The SMILES string of the molecule is CCNc1nc(-n2ccnc2)c2[nH]cnc2n1. The van der Waals surface area contributed by atoms with Crippen molar-refractivity contribution in [2.24, 2.45) is 0 Å². The Hall–Kier alpha value is -2.44. The van der Waals surface area contributed by atoms with Crippen molar-refractivity contribution in [3.63, 3.8) is 0 Å². The molecule has 7 nitrogen and oxygen atoms in total. The Balaban J connectivity index is 2.23. The first-order valence-electron chi connectivity index (χ1n) is 5.32. The Bertz CT molecular complexity index is 625. The summed E-state index contributed by atoms with van der Waals surface area (Å²) in [6.07, 6.45) is 6.84. The van der Waals surface area contributed by atoms with E-state index in [0.717, 1.165) is 17.9 Å². The van der Waals surface area contributed by atoms with E-state index in [1.807, 2.05) is 17.7 Å². The van der Waals surface area contributed by atoms with Crippen LogP contribution in [0.4, 0.5) is 5.95 Å². The smallest absolute Gasteiger partial charge is 0.226 e. The van der Waals surface area contributed by atoms with Crippen molar-refractivity contribution in [1.82, 2.24) is 29.5 Å². The van der Waals surface area contributed by atoms with Gasteiger partial charge in [0.1, 0.15) is 11.8 Å². The average Bonchev–Trinajstić information content (AvgIpc) is 2.99. The molecule has 86 valence electrons. The van der Waals surface area contributed by atoms with Crippen molar-refractivity contribution >= 4 is 17.1 Å². The first-order valence-corrected chi connectivity index (χ1v) is 5.32. The minimum atomic E-state index is 0.566. The van der Waals surface area contributed by atoms with Gasteiger partial charge in [0.05, 0.1) is 6.33 Å². The van der Waals surface area contributed by atoms with Gasteiger partial charge < -0.3 is 10.3 Å². The third-order valence-electron chi connectivity index (χ3n) is 2.35. The molecular formula is C10H11N7. The van der Waals surface area contributed by atoms with Crippen LogP contribution in [-0.2, 0) is 0 Å². The van der Waals surface area contributed by atoms with Gasteiger partial charge in [-0.1, -0.05) is 0 Å². The summed E-state index contributed by atoms with van der Waals surface area (Å²) in [7, 11) is 0. The molecule has 0 unspecified atom stereocenters. The fourth-order valence-corrected chi connectivity index (χ4v) is 1.63. The number of rotatable bonds is 3. The normalized spacial score (nSPS) is 10.9. The molecule has 17 heavy (non-hydrogen) atoms. The molecule has 0 bridgehead atoms. The Morgan fingerprint density at radius 2 is 2.35 bits per heavy atom. The highest BCUT2D eigenvalue weighted by Gasteiger charge is 2.10. The highest BCUT2D eigenvalue weighted by Crippen LogP contribution is 2.17. The maximum absolute atomic E-state index is 4.43. The second-order valence-corrected chi connectivity index (χ2v) is 3.47. The van der Waals surface area contributed by atoms with E-state index in [4.69, 9.17) is 0 Å². The first-order chi connectivity index (χ1) is 8.38. The van der Waals surface area contributed by atoms with E-state index in [0.29, 0.717) is 11.6 Å². The molecule has 0 saturated carbocycles. The molecule has 0 aromatic carbocycles. The summed E-state index contributed by atoms with van der Waals surface area (Å²) in [6.45, 7) is 2.76. The fraction of sp³-hybridized carbons (Fsp3) is 0.200. The number of anilines is 1. The van der Waals surface area contributed by atoms with Crippen LogP contribution in [-0.4, -0.2) is 36.0 Å². The Morgan fingerprint density at radius 1 is 1.41 bits per heavy atom. The number of fused-ring (bicyclic) bond motifs is 1. The molecule has 0 aliphatic carbocycles. The summed E-state index contributed by atoms with van der Waals surface area (Å²) in [6, 6.07) is 0. The number of imidazole rings is 2. The molecule has 0 aliphatic rings. The zero-order chi connectivity index (χ0) is 11.7. The van der Waals surface area contributed by atoms with Gasteiger partial charge in [-0.15, -0.1) is 0 Å². The topological polar surface area (TPSA) is 84.3 Å². The number of aromatic nitrogens is 6. The van der Waals surface area contributed by atoms with Crippen LogP contribution in [0.5, 0.6) is 0 Å². The monoisotopic (exact) mass is 229 g/mol. The van der Waals surface area contributed by atoms with E-state index in [1.165, 1.54) is 0 Å². The van der Waals surface area contributed by atoms with E-state index in [1.54, 1.807) is 18.9 Å². The van der Waals surface area contributed by atoms with Gasteiger partial charge in [0.15, 0.2) is 11.5 Å². The zero-order valence-electron chi connectivity index (χ0n) is 9.25. The summed E-state index contributed by atoms with van der Waals surface area (Å²) in [5.74, 6) is 1.30. The highest BCUT2D eigenvalue weighted by molar-refractivity contribution is 5.79. The minimum Gasteiger partial charge on any atom is -0.354 e. The zero-order valence-corrected chi connectivity index (χ0v) is 9.25. The molecule has 0 saturated heterocycles. The first kappa shape index (κ1) is 9.76. The molecule has 0 aliphatic heterocycles. The molecule has 0 amide bonds. The molecule has 3 rings (SSSR count). The van der Waals surface area contributed by atoms with Crippen LogP contribution in [0.25, 0.3) is 17.0 Å². The fourth-order valence-electron chi connectivity index (χ4n) is 1.63. The molecule has 2 N–H and O–H groups in total. The van der Waals surface area contributed by atoms with Gasteiger partial charge in [-0.05, 0) is 6.92 Å². The highest BCUT2D eigenvalue weighted by atomic mass is 15.2. The number of nitrogens with zero attached hydrogens (tertiary/aromatic N) is 5. The summed E-state index contributed by atoms with van der Waals surface area (Å²) in [4.78, 5) is 19.9. The predicted octanol–water partition coefficient (Wildman–Crippen LogP) is 0.970. The summed E-state index contributed by atoms with van der Waals surface area (Å²) in [5.41, 5.74) is 1.43. The number of aromatic amines is 1. The van der Waals surface area contributed by atoms with Crippen molar-refractivity contribution in [2.45, 2.75) is 6.92 Å². The minimum absolute atomic E-state index is 0.566. The average molecular weight is 229 g/mol. The van der Waals surface area contributed by atoms with Crippen LogP contribution in [0.1, 0.15) is 6.92 Å². The molecule has 0 atom stereocenters. The number of hydrogen-bond donors (Lipinski definition) is 2. The van der Waals surface area contributed by atoms with E-state index < -0.39 is 0 Å². The standard InChI is InChI=1S/C10H11N7/c1-2-12-10-15-8-7(13-5-14-8)9(16-10)17-4-3-11-6-17/h3-6H,2H2,1H3,(H2,12,13,14,15,16). The van der Waals surface area contributed by atoms with Crippen molar-refractivity contribution in [2.75, 3.05) is 11.9 Å². The quantitative estimate of drug-likeness (QED) is 0.699. The molecule has 7 heteroatoms. The van der Waals surface area contributed by atoms with Crippen LogP contribution in [0.15, 0.2) is 25.0 Å². The van der Waals surface area contributed by atoms with Crippen LogP contribution < -0.4 is 5.32 Å². The van der Waals surface area contributed by atoms with Crippen LogP contribution >= 0.6 is 0 Å². The van der Waals surface area contributed by atoms with Crippen molar-refractivity contribution in [3.05, 3.63) is 25.0 Å². The lowest BCUT2D eigenvalue weighted by Gasteiger charge is -2.06. The Morgan fingerprint density at radius 3 is 3.12 bits per heavy atom. The van der Waals surface area contributed by atoms with Crippen LogP contribution in [0, 0.1) is 0 Å². The van der Waals surface area contributed by atoms with E-state index in [-0.39, 0.29) is 0 Å². The van der Waals surface area contributed by atoms with E-state index in [9.17, 15) is 0 Å². The second-order valence-electron chi connectivity index (χ2n) is 3.47. The van der Waals surface area contributed by atoms with Gasteiger partial charge in [0.2, 0.25) is 5.95 Å². The summed E-state index contributed by atoms with van der Waals surface area (Å²) < 4.78 is 1.82. The van der Waals surface area contributed by atoms with Crippen LogP contribution in [0.2, 0.25) is 0 Å². The van der Waals surface area contributed by atoms with Gasteiger partial charge >= 0.3 is 0 Å². The molecule has 3 aromatic heterocycles. The van der Waals surface area contributed by atoms with Crippen LogP contribution in [0.3, 0.4) is 0 Å². The van der Waals surface area contributed by atoms with E-state index >= 15 is 0 Å². The lowest BCUT2D eigenvalue weighted by molar-refractivity contribution is 0.979.